The van der Waals surface area contributed by atoms with E-state index in [2.05, 4.69) is 25.3 Å². The maximum Gasteiger partial charge on any atom is 0.490 e. The normalized spacial score (nSPS) is 11.7. The second kappa shape index (κ2) is 15.0. The largest absolute Gasteiger partial charge is 0.490 e. The number of fused-ring (bicyclic) bond motifs is 3. The Labute approximate surface area is 290 Å². The lowest BCUT2D eigenvalue weighted by molar-refractivity contribution is -0.193. The maximum absolute atomic E-state index is 13.7. The van der Waals surface area contributed by atoms with Gasteiger partial charge in [0.15, 0.2) is 0 Å². The Morgan fingerprint density at radius 2 is 1.43 bits per heavy atom. The third-order valence-electron chi connectivity index (χ3n) is 7.08. The molecular weight excluding hydrogens is 731 g/mol. The molecule has 20 heteroatoms. The van der Waals surface area contributed by atoms with E-state index in [1.165, 1.54) is 23.3 Å². The number of aliphatic carboxylic acids is 2. The zero-order chi connectivity index (χ0) is 39.5. The molecule has 11 nitrogen and oxygen atoms in total. The summed E-state index contributed by atoms with van der Waals surface area (Å²) in [7, 11) is 0. The topological polar surface area (TPSA) is 163 Å². The number of hydrogen-bond donors (Lipinski definition) is 4. The number of aryl methyl sites for hydroxylation is 2. The van der Waals surface area contributed by atoms with Crippen molar-refractivity contribution in [3.8, 4) is 16.8 Å². The molecule has 1 amide bonds. The number of aromatic amines is 1. The Balaban J connectivity index is 0.000000381. The zero-order valence-corrected chi connectivity index (χ0v) is 26.8. The molecule has 0 saturated carbocycles. The fourth-order valence-electron chi connectivity index (χ4n) is 4.64. The van der Waals surface area contributed by atoms with Crippen LogP contribution in [0, 0.1) is 13.8 Å². The number of carboxylic acid groups (broad SMARTS) is 2. The van der Waals surface area contributed by atoms with Crippen molar-refractivity contribution in [1.82, 2.24) is 24.5 Å². The number of nitrogens with zero attached hydrogens (tertiary/aromatic N) is 4. The second-order valence-corrected chi connectivity index (χ2v) is 10.9. The Kier molecular flexibility index (Phi) is 11.1. The molecule has 3 aromatic carbocycles. The van der Waals surface area contributed by atoms with E-state index in [1.807, 2.05) is 37.3 Å². The number of aromatic nitrogens is 5. The molecule has 0 aliphatic rings. The van der Waals surface area contributed by atoms with Crippen LogP contribution in [-0.4, -0.2) is 64.9 Å². The third kappa shape index (κ3) is 9.86. The van der Waals surface area contributed by atoms with Gasteiger partial charge in [-0.1, -0.05) is 18.2 Å². The second-order valence-electron chi connectivity index (χ2n) is 10.9. The lowest BCUT2D eigenvalue weighted by atomic mass is 9.98. The minimum atomic E-state index is -5.08. The summed E-state index contributed by atoms with van der Waals surface area (Å²) in [5.41, 5.74) is 4.64. The summed E-state index contributed by atoms with van der Waals surface area (Å²) >= 11 is 0. The Morgan fingerprint density at radius 3 is 2.00 bits per heavy atom. The fraction of sp³-hybridized carbons (Fsp3) is 0.152. The number of anilines is 1. The molecule has 6 aromatic rings. The van der Waals surface area contributed by atoms with Crippen LogP contribution in [0.2, 0.25) is 0 Å². The highest BCUT2D eigenvalue weighted by Crippen LogP contribution is 2.34. The minimum absolute atomic E-state index is 0.117. The summed E-state index contributed by atoms with van der Waals surface area (Å²) in [5, 5.41) is 18.9. The molecule has 53 heavy (non-hydrogen) atoms. The van der Waals surface area contributed by atoms with Gasteiger partial charge in [0.25, 0.3) is 5.91 Å². The number of nitrogens with one attached hydrogen (secondary N) is 2. The predicted molar refractivity (Wildman–Crippen MR) is 170 cm³/mol. The van der Waals surface area contributed by atoms with Crippen molar-refractivity contribution in [2.45, 2.75) is 32.4 Å². The Hall–Kier alpha value is -6.47. The van der Waals surface area contributed by atoms with E-state index in [-0.39, 0.29) is 11.3 Å². The molecule has 0 radical (unpaired) electrons. The number of rotatable bonds is 4. The van der Waals surface area contributed by atoms with E-state index in [4.69, 9.17) is 19.8 Å². The first-order chi connectivity index (χ1) is 24.5. The molecule has 0 spiro atoms. The van der Waals surface area contributed by atoms with Gasteiger partial charge in [-0.25, -0.2) is 24.5 Å². The van der Waals surface area contributed by atoms with Gasteiger partial charge in [-0.2, -0.15) is 39.5 Å². The summed E-state index contributed by atoms with van der Waals surface area (Å²) in [6, 6.07) is 14.6. The molecule has 3 aromatic heterocycles. The van der Waals surface area contributed by atoms with Crippen molar-refractivity contribution in [1.29, 1.82) is 0 Å². The number of imidazole rings is 1. The number of halogens is 9. The van der Waals surface area contributed by atoms with Gasteiger partial charge in [0.2, 0.25) is 0 Å². The predicted octanol–water partition coefficient (Wildman–Crippen LogP) is 8.12. The third-order valence-corrected chi connectivity index (χ3v) is 7.08. The van der Waals surface area contributed by atoms with Crippen LogP contribution in [0.3, 0.4) is 0 Å². The van der Waals surface area contributed by atoms with Crippen LogP contribution in [0.5, 0.6) is 0 Å². The molecule has 0 unspecified atom stereocenters. The molecule has 0 saturated heterocycles. The van der Waals surface area contributed by atoms with Crippen LogP contribution >= 0.6 is 0 Å². The van der Waals surface area contributed by atoms with Gasteiger partial charge < -0.3 is 25.1 Å². The number of alkyl halides is 9. The summed E-state index contributed by atoms with van der Waals surface area (Å²) in [6.45, 7) is 3.69. The Bertz CT molecular complexity index is 2290. The molecule has 0 bridgehead atoms. The first-order valence-electron chi connectivity index (χ1n) is 14.5. The van der Waals surface area contributed by atoms with Crippen molar-refractivity contribution >= 4 is 45.5 Å². The number of carbonyl (C=O) groups excluding carboxylic acids is 1. The average Bonchev–Trinajstić information content (AvgIpc) is 3.67. The fourth-order valence-corrected chi connectivity index (χ4v) is 4.64. The minimum Gasteiger partial charge on any atom is -0.475 e. The smallest absolute Gasteiger partial charge is 0.475 e. The molecule has 3 heterocycles. The van der Waals surface area contributed by atoms with Gasteiger partial charge in [-0.15, -0.1) is 0 Å². The number of H-pyrrole nitrogens is 1. The van der Waals surface area contributed by atoms with Crippen LogP contribution < -0.4 is 5.32 Å². The summed E-state index contributed by atoms with van der Waals surface area (Å²) in [4.78, 5) is 46.7. The van der Waals surface area contributed by atoms with E-state index in [0.717, 1.165) is 50.8 Å². The first-order valence-corrected chi connectivity index (χ1v) is 14.5. The number of carboxylic acids is 2. The molecule has 0 aliphatic carbocycles. The molecular formula is C33H23F9N6O5. The molecule has 278 valence electrons. The molecule has 0 fully saturated rings. The average molecular weight is 755 g/mol. The lowest BCUT2D eigenvalue weighted by Gasteiger charge is -2.14. The van der Waals surface area contributed by atoms with E-state index in [1.54, 1.807) is 25.4 Å². The van der Waals surface area contributed by atoms with Crippen molar-refractivity contribution in [3.05, 3.63) is 102 Å². The Morgan fingerprint density at radius 1 is 0.792 bits per heavy atom. The van der Waals surface area contributed by atoms with Gasteiger partial charge in [0, 0.05) is 45.6 Å². The van der Waals surface area contributed by atoms with Crippen molar-refractivity contribution in [3.63, 3.8) is 0 Å². The van der Waals surface area contributed by atoms with Gasteiger partial charge in [0.1, 0.15) is 12.0 Å². The molecule has 0 aliphatic heterocycles. The van der Waals surface area contributed by atoms with Crippen LogP contribution in [0.25, 0.3) is 38.8 Å². The first kappa shape index (κ1) is 39.3. The van der Waals surface area contributed by atoms with Gasteiger partial charge in [-0.3, -0.25) is 4.79 Å². The van der Waals surface area contributed by atoms with Crippen LogP contribution in [0.15, 0.2) is 79.6 Å². The van der Waals surface area contributed by atoms with E-state index in [9.17, 15) is 44.3 Å². The van der Waals surface area contributed by atoms with Crippen molar-refractivity contribution < 1.29 is 64.1 Å². The van der Waals surface area contributed by atoms with E-state index >= 15 is 0 Å². The number of hydrogen-bond acceptors (Lipinski definition) is 6. The van der Waals surface area contributed by atoms with Gasteiger partial charge in [-0.05, 0) is 66.9 Å². The SMILES string of the molecule is Cc1cn(-c2cc(C(=O)Nc3ccc(C)c(-c4ccc5c(c4)[nH]c4ncncc45)c3)cc(C(F)(F)F)c2)cn1.O=C(O)C(F)(F)F.O=C(O)C(F)(F)F. The van der Waals surface area contributed by atoms with Crippen molar-refractivity contribution in [2.24, 2.45) is 0 Å². The number of amides is 1. The summed E-state index contributed by atoms with van der Waals surface area (Å²) in [5.74, 6) is -6.17. The highest BCUT2D eigenvalue weighted by Gasteiger charge is 2.39. The quantitative estimate of drug-likeness (QED) is 0.131. The van der Waals surface area contributed by atoms with E-state index < -0.39 is 41.9 Å². The lowest BCUT2D eigenvalue weighted by Crippen LogP contribution is -2.21. The number of benzene rings is 3. The van der Waals surface area contributed by atoms with Crippen molar-refractivity contribution in [2.75, 3.05) is 5.32 Å². The zero-order valence-electron chi connectivity index (χ0n) is 26.8. The highest BCUT2D eigenvalue weighted by atomic mass is 19.4. The monoisotopic (exact) mass is 754 g/mol. The van der Waals surface area contributed by atoms with Gasteiger partial charge >= 0.3 is 30.5 Å². The van der Waals surface area contributed by atoms with Crippen LogP contribution in [0.1, 0.15) is 27.2 Å². The maximum atomic E-state index is 13.7. The highest BCUT2D eigenvalue weighted by molar-refractivity contribution is 6.07. The summed E-state index contributed by atoms with van der Waals surface area (Å²) < 4.78 is 106. The molecule has 6 rings (SSSR count). The number of carbonyl (C=O) groups is 3. The molecule has 4 N–H and O–H groups in total. The summed E-state index contributed by atoms with van der Waals surface area (Å²) in [6.07, 6.45) is -8.53. The van der Waals surface area contributed by atoms with E-state index in [0.29, 0.717) is 11.4 Å². The van der Waals surface area contributed by atoms with Crippen LogP contribution in [0.4, 0.5) is 45.2 Å². The standard InChI is InChI=1S/C29H21F3N6O.2C2HF3O2/c1-16-3-5-21(11-24(16)18-4-6-23-25-12-33-14-34-27(25)37-26(23)9-18)36-28(39)19-7-20(29(30,31)32)10-22(8-19)38-13-17(2)35-15-38;2*3-2(4,5)1(6)7/h3-15H,1-2H3,(H,36,39)(H,33,34,37);2*(H,6,7). The van der Waals surface area contributed by atoms with Gasteiger partial charge in [0.05, 0.1) is 17.6 Å². The molecule has 0 atom stereocenters. The van der Waals surface area contributed by atoms with Crippen LogP contribution in [-0.2, 0) is 15.8 Å².